The number of hydrogen-bond acceptors (Lipinski definition) is 2. The van der Waals surface area contributed by atoms with E-state index in [2.05, 4.69) is 30.4 Å². The van der Waals surface area contributed by atoms with Crippen molar-refractivity contribution in [2.24, 2.45) is 0 Å². The van der Waals surface area contributed by atoms with E-state index in [-0.39, 0.29) is 0 Å². The average Bonchev–Trinajstić information content (AvgIpc) is 2.30. The minimum Gasteiger partial charge on any atom is -0.496 e. The summed E-state index contributed by atoms with van der Waals surface area (Å²) in [7, 11) is 3.70. The Morgan fingerprint density at radius 2 is 2.12 bits per heavy atom. The molecule has 0 saturated carbocycles. The Hall–Kier alpha value is -1.28. The number of ether oxygens (including phenoxy) is 1. The fraction of sp³-hybridized carbons (Fsp3) is 0.429. The van der Waals surface area contributed by atoms with Crippen molar-refractivity contribution in [1.82, 2.24) is 5.32 Å². The van der Waals surface area contributed by atoms with E-state index in [0.717, 1.165) is 25.1 Å². The summed E-state index contributed by atoms with van der Waals surface area (Å²) in [6.45, 7) is 3.20. The molecular weight excluding hydrogens is 198 g/mol. The standard InChI is InChI=1S/C14H21NO/c1-12(7-6-10-15-2)11-13-8-4-5-9-14(13)16-3/h4-5,7-9,15H,6,10-11H2,1-3H3. The van der Waals surface area contributed by atoms with Crippen LogP contribution < -0.4 is 10.1 Å². The van der Waals surface area contributed by atoms with Gasteiger partial charge in [0.2, 0.25) is 0 Å². The van der Waals surface area contributed by atoms with Gasteiger partial charge in [0.1, 0.15) is 5.75 Å². The van der Waals surface area contributed by atoms with Gasteiger partial charge in [0, 0.05) is 0 Å². The van der Waals surface area contributed by atoms with Crippen molar-refractivity contribution in [3.05, 3.63) is 41.5 Å². The molecule has 0 saturated heterocycles. The number of methoxy groups -OCH3 is 1. The van der Waals surface area contributed by atoms with Gasteiger partial charge in [-0.05, 0) is 45.0 Å². The van der Waals surface area contributed by atoms with Crippen molar-refractivity contribution < 1.29 is 4.74 Å². The average molecular weight is 219 g/mol. The first-order valence-corrected chi connectivity index (χ1v) is 5.70. The number of rotatable bonds is 6. The Morgan fingerprint density at radius 1 is 1.38 bits per heavy atom. The minimum absolute atomic E-state index is 0.966. The van der Waals surface area contributed by atoms with Gasteiger partial charge in [-0.2, -0.15) is 0 Å². The lowest BCUT2D eigenvalue weighted by atomic mass is 10.0. The third-order valence-electron chi connectivity index (χ3n) is 2.55. The van der Waals surface area contributed by atoms with Crippen molar-refractivity contribution in [3.63, 3.8) is 0 Å². The predicted octanol–water partition coefficient (Wildman–Crippen LogP) is 2.79. The summed E-state index contributed by atoms with van der Waals surface area (Å²) in [6, 6.07) is 8.19. The van der Waals surface area contributed by atoms with Crippen LogP contribution in [0.15, 0.2) is 35.9 Å². The van der Waals surface area contributed by atoms with Crippen molar-refractivity contribution in [2.75, 3.05) is 20.7 Å². The second-order valence-corrected chi connectivity index (χ2v) is 3.93. The van der Waals surface area contributed by atoms with Gasteiger partial charge in [-0.3, -0.25) is 0 Å². The Bertz CT molecular complexity index is 344. The van der Waals surface area contributed by atoms with E-state index in [1.54, 1.807) is 7.11 Å². The Morgan fingerprint density at radius 3 is 2.81 bits per heavy atom. The summed E-state index contributed by atoms with van der Waals surface area (Å²) in [4.78, 5) is 0. The summed E-state index contributed by atoms with van der Waals surface area (Å²) in [5, 5.41) is 3.14. The molecule has 0 atom stereocenters. The van der Waals surface area contributed by atoms with Gasteiger partial charge in [0.05, 0.1) is 7.11 Å². The molecule has 0 fully saturated rings. The topological polar surface area (TPSA) is 21.3 Å². The molecule has 1 rings (SSSR count). The Labute approximate surface area is 98.3 Å². The summed E-state index contributed by atoms with van der Waals surface area (Å²) < 4.78 is 5.33. The highest BCUT2D eigenvalue weighted by atomic mass is 16.5. The molecule has 2 heteroatoms. The molecule has 0 aromatic heterocycles. The smallest absolute Gasteiger partial charge is 0.122 e. The van der Waals surface area contributed by atoms with Gasteiger partial charge in [0.15, 0.2) is 0 Å². The lowest BCUT2D eigenvalue weighted by Crippen LogP contribution is -2.06. The molecule has 0 amide bonds. The van der Waals surface area contributed by atoms with Crippen LogP contribution in [0, 0.1) is 0 Å². The summed E-state index contributed by atoms with van der Waals surface area (Å²) in [6.07, 6.45) is 4.33. The first-order valence-electron chi connectivity index (χ1n) is 5.70. The highest BCUT2D eigenvalue weighted by Crippen LogP contribution is 2.20. The second kappa shape index (κ2) is 7.07. The molecule has 0 bridgehead atoms. The van der Waals surface area contributed by atoms with E-state index < -0.39 is 0 Å². The fourth-order valence-corrected chi connectivity index (χ4v) is 1.68. The van der Waals surface area contributed by atoms with Gasteiger partial charge in [-0.15, -0.1) is 0 Å². The van der Waals surface area contributed by atoms with Crippen LogP contribution in [0.25, 0.3) is 0 Å². The van der Waals surface area contributed by atoms with Crippen LogP contribution in [0.1, 0.15) is 18.9 Å². The number of allylic oxidation sites excluding steroid dienone is 1. The Kier molecular flexibility index (Phi) is 5.65. The van der Waals surface area contributed by atoms with E-state index in [9.17, 15) is 0 Å². The maximum Gasteiger partial charge on any atom is 0.122 e. The number of hydrogen-bond donors (Lipinski definition) is 1. The molecule has 0 heterocycles. The zero-order chi connectivity index (χ0) is 11.8. The molecule has 0 aliphatic carbocycles. The number of benzene rings is 1. The summed E-state index contributed by atoms with van der Waals surface area (Å²) in [5.74, 6) is 0.976. The van der Waals surface area contributed by atoms with Crippen LogP contribution in [0.5, 0.6) is 5.75 Å². The van der Waals surface area contributed by atoms with Crippen LogP contribution in [-0.4, -0.2) is 20.7 Å². The van der Waals surface area contributed by atoms with Crippen molar-refractivity contribution in [2.45, 2.75) is 19.8 Å². The van der Waals surface area contributed by atoms with Gasteiger partial charge in [0.25, 0.3) is 0 Å². The van der Waals surface area contributed by atoms with Crippen molar-refractivity contribution in [3.8, 4) is 5.75 Å². The molecule has 1 aromatic carbocycles. The number of para-hydroxylation sites is 1. The molecule has 88 valence electrons. The van der Waals surface area contributed by atoms with Gasteiger partial charge in [-0.25, -0.2) is 0 Å². The maximum absolute atomic E-state index is 5.33. The molecule has 0 unspecified atom stereocenters. The lowest BCUT2D eigenvalue weighted by Gasteiger charge is -2.08. The molecule has 16 heavy (non-hydrogen) atoms. The Balaban J connectivity index is 2.61. The first-order chi connectivity index (χ1) is 7.77. The van der Waals surface area contributed by atoms with Crippen LogP contribution in [0.3, 0.4) is 0 Å². The molecule has 0 aliphatic heterocycles. The molecular formula is C14H21NO. The SMILES string of the molecule is CNCCC=C(C)Cc1ccccc1OC. The van der Waals surface area contributed by atoms with E-state index >= 15 is 0 Å². The zero-order valence-corrected chi connectivity index (χ0v) is 10.4. The van der Waals surface area contributed by atoms with E-state index in [4.69, 9.17) is 4.74 Å². The maximum atomic E-state index is 5.33. The van der Waals surface area contributed by atoms with Crippen LogP contribution >= 0.6 is 0 Å². The van der Waals surface area contributed by atoms with Gasteiger partial charge >= 0.3 is 0 Å². The molecule has 1 aromatic rings. The third kappa shape index (κ3) is 4.07. The van der Waals surface area contributed by atoms with Crippen LogP contribution in [0.2, 0.25) is 0 Å². The van der Waals surface area contributed by atoms with Gasteiger partial charge < -0.3 is 10.1 Å². The predicted molar refractivity (Wildman–Crippen MR) is 69.0 cm³/mol. The summed E-state index contributed by atoms with van der Waals surface area (Å²) >= 11 is 0. The highest BCUT2D eigenvalue weighted by molar-refractivity contribution is 5.35. The van der Waals surface area contributed by atoms with Crippen molar-refractivity contribution in [1.29, 1.82) is 0 Å². The molecule has 1 N–H and O–H groups in total. The zero-order valence-electron chi connectivity index (χ0n) is 10.4. The normalized spacial score (nSPS) is 11.6. The molecule has 0 aliphatic rings. The minimum atomic E-state index is 0.966. The van der Waals surface area contributed by atoms with Gasteiger partial charge in [-0.1, -0.05) is 29.8 Å². The monoisotopic (exact) mass is 219 g/mol. The van der Waals surface area contributed by atoms with E-state index in [0.29, 0.717) is 0 Å². The van der Waals surface area contributed by atoms with Crippen LogP contribution in [0.4, 0.5) is 0 Å². The fourth-order valence-electron chi connectivity index (χ4n) is 1.68. The molecule has 0 radical (unpaired) electrons. The first kappa shape index (κ1) is 12.8. The second-order valence-electron chi connectivity index (χ2n) is 3.93. The quantitative estimate of drug-likeness (QED) is 0.587. The molecule has 2 nitrogen and oxygen atoms in total. The summed E-state index contributed by atoms with van der Waals surface area (Å²) in [5.41, 5.74) is 2.64. The molecule has 0 spiro atoms. The lowest BCUT2D eigenvalue weighted by molar-refractivity contribution is 0.410. The van der Waals surface area contributed by atoms with Crippen LogP contribution in [-0.2, 0) is 6.42 Å². The number of nitrogens with one attached hydrogen (secondary N) is 1. The van der Waals surface area contributed by atoms with Crippen molar-refractivity contribution >= 4 is 0 Å². The highest BCUT2D eigenvalue weighted by Gasteiger charge is 2.01. The largest absolute Gasteiger partial charge is 0.496 e. The van der Waals surface area contributed by atoms with E-state index in [1.165, 1.54) is 11.1 Å². The third-order valence-corrected chi connectivity index (χ3v) is 2.55. The van der Waals surface area contributed by atoms with E-state index in [1.807, 2.05) is 19.2 Å².